The molecule has 0 aliphatic heterocycles. The van der Waals surface area contributed by atoms with Crippen molar-refractivity contribution in [3.8, 4) is 17.2 Å². The minimum atomic E-state index is -0.670. The summed E-state index contributed by atoms with van der Waals surface area (Å²) in [5, 5.41) is 39.8. The summed E-state index contributed by atoms with van der Waals surface area (Å²) >= 11 is 0. The van der Waals surface area contributed by atoms with E-state index in [2.05, 4.69) is 6.92 Å². The van der Waals surface area contributed by atoms with Crippen molar-refractivity contribution < 1.29 is 25.2 Å². The van der Waals surface area contributed by atoms with Gasteiger partial charge >= 0.3 is 5.97 Å². The van der Waals surface area contributed by atoms with E-state index >= 15 is 0 Å². The Kier molecular flexibility index (Phi) is 6.11. The number of unbranched alkanes of at least 4 members (excludes halogenated alkanes) is 3. The van der Waals surface area contributed by atoms with Gasteiger partial charge in [0, 0.05) is 17.2 Å². The Morgan fingerprint density at radius 3 is 2.07 bits per heavy atom. The molecule has 0 atom stereocenters. The maximum Gasteiger partial charge on any atom is 0.309 e. The van der Waals surface area contributed by atoms with Gasteiger partial charge in [-0.05, 0) is 69.6 Å². The van der Waals surface area contributed by atoms with Crippen LogP contribution in [0.4, 0.5) is 0 Å². The van der Waals surface area contributed by atoms with Crippen molar-refractivity contribution in [3.63, 3.8) is 0 Å². The molecular weight excluding hydrogens is 356 g/mol. The number of carboxylic acids is 1. The predicted molar refractivity (Wildman–Crippen MR) is 108 cm³/mol. The monoisotopic (exact) mass is 390 g/mol. The number of hydrogen-bond donors (Lipinski definition) is 4. The third-order valence-electron chi connectivity index (χ3n) is 6.93. The first-order valence-corrected chi connectivity index (χ1v) is 10.8. The van der Waals surface area contributed by atoms with Crippen LogP contribution in [0.15, 0.2) is 6.07 Å². The van der Waals surface area contributed by atoms with Crippen LogP contribution in [0.5, 0.6) is 17.2 Å². The molecule has 0 aromatic heterocycles. The van der Waals surface area contributed by atoms with E-state index in [0.717, 1.165) is 56.9 Å². The van der Waals surface area contributed by atoms with Crippen LogP contribution in [0.3, 0.4) is 0 Å². The third-order valence-corrected chi connectivity index (χ3v) is 6.93. The van der Waals surface area contributed by atoms with Crippen molar-refractivity contribution in [1.82, 2.24) is 0 Å². The second-order valence-electron chi connectivity index (χ2n) is 9.38. The Bertz CT molecular complexity index is 716. The highest BCUT2D eigenvalue weighted by Gasteiger charge is 2.49. The fourth-order valence-electron chi connectivity index (χ4n) is 4.27. The van der Waals surface area contributed by atoms with Gasteiger partial charge in [-0.2, -0.15) is 0 Å². The van der Waals surface area contributed by atoms with Gasteiger partial charge in [0.05, 0.1) is 5.41 Å². The van der Waals surface area contributed by atoms with E-state index in [1.165, 1.54) is 25.3 Å². The molecule has 2 saturated carbocycles. The lowest BCUT2D eigenvalue weighted by Gasteiger charge is -2.16. The first-order valence-electron chi connectivity index (χ1n) is 10.8. The van der Waals surface area contributed by atoms with E-state index in [9.17, 15) is 25.2 Å². The zero-order chi connectivity index (χ0) is 20.4. The molecule has 1 aromatic rings. The molecule has 0 radical (unpaired) electrons. The highest BCUT2D eigenvalue weighted by Crippen LogP contribution is 2.50. The lowest BCUT2D eigenvalue weighted by Crippen LogP contribution is -2.14. The summed E-state index contributed by atoms with van der Waals surface area (Å²) in [5.41, 5.74) is 1.44. The molecule has 0 unspecified atom stereocenters. The highest BCUT2D eigenvalue weighted by atomic mass is 16.4. The number of benzene rings is 1. The maximum atomic E-state index is 11.2. The fraction of sp³-hybridized carbons (Fsp3) is 0.696. The van der Waals surface area contributed by atoms with Crippen LogP contribution in [0.2, 0.25) is 0 Å². The molecule has 4 N–H and O–H groups in total. The highest BCUT2D eigenvalue weighted by molar-refractivity contribution is 5.77. The third kappa shape index (κ3) is 4.92. The maximum absolute atomic E-state index is 11.2. The van der Waals surface area contributed by atoms with Crippen molar-refractivity contribution >= 4 is 5.97 Å². The van der Waals surface area contributed by atoms with E-state index < -0.39 is 11.4 Å². The largest absolute Gasteiger partial charge is 0.508 e. The Labute approximate surface area is 167 Å². The topological polar surface area (TPSA) is 98.0 Å². The average Bonchev–Trinajstić information content (AvgIpc) is 3.55. The normalized spacial score (nSPS) is 18.8. The second-order valence-corrected chi connectivity index (χ2v) is 9.38. The van der Waals surface area contributed by atoms with Crippen molar-refractivity contribution in [3.05, 3.63) is 17.2 Å². The Balaban J connectivity index is 1.51. The number of carbonyl (C=O) groups is 1. The van der Waals surface area contributed by atoms with Crippen LogP contribution >= 0.6 is 0 Å². The summed E-state index contributed by atoms with van der Waals surface area (Å²) < 4.78 is 0. The van der Waals surface area contributed by atoms with Crippen LogP contribution in [0.1, 0.15) is 88.7 Å². The van der Waals surface area contributed by atoms with Crippen molar-refractivity contribution in [1.29, 1.82) is 0 Å². The summed E-state index contributed by atoms with van der Waals surface area (Å²) in [4.78, 5) is 11.2. The summed E-state index contributed by atoms with van der Waals surface area (Å²) in [6.07, 6.45) is 12.0. The Morgan fingerprint density at radius 2 is 1.46 bits per heavy atom. The number of phenolic OH excluding ortho intramolecular Hbond substituents is 3. The van der Waals surface area contributed by atoms with Crippen LogP contribution < -0.4 is 0 Å². The molecule has 2 fully saturated rings. The second kappa shape index (κ2) is 8.22. The molecule has 3 rings (SSSR count). The zero-order valence-electron chi connectivity index (χ0n) is 17.0. The van der Waals surface area contributed by atoms with Gasteiger partial charge in [0.2, 0.25) is 0 Å². The van der Waals surface area contributed by atoms with Crippen LogP contribution in [-0.4, -0.2) is 26.4 Å². The average molecular weight is 391 g/mol. The van der Waals surface area contributed by atoms with Crippen LogP contribution in [0, 0.1) is 10.8 Å². The van der Waals surface area contributed by atoms with Crippen LogP contribution in [-0.2, 0) is 17.6 Å². The van der Waals surface area contributed by atoms with Gasteiger partial charge < -0.3 is 20.4 Å². The molecule has 0 bridgehead atoms. The lowest BCUT2D eigenvalue weighted by molar-refractivity contribution is -0.143. The van der Waals surface area contributed by atoms with E-state index in [4.69, 9.17) is 0 Å². The molecular formula is C23H34O5. The molecule has 0 spiro atoms. The number of phenols is 3. The van der Waals surface area contributed by atoms with Crippen molar-refractivity contribution in [2.75, 3.05) is 0 Å². The zero-order valence-corrected chi connectivity index (χ0v) is 17.0. The van der Waals surface area contributed by atoms with E-state index in [1.54, 1.807) is 0 Å². The summed E-state index contributed by atoms with van der Waals surface area (Å²) in [6.45, 7) is 2.31. The number of rotatable bonds is 12. The molecule has 5 heteroatoms. The van der Waals surface area contributed by atoms with Gasteiger partial charge in [-0.15, -0.1) is 0 Å². The van der Waals surface area contributed by atoms with Gasteiger partial charge in [-0.1, -0.05) is 26.2 Å². The Hall–Kier alpha value is -1.91. The molecule has 156 valence electrons. The van der Waals surface area contributed by atoms with E-state index in [0.29, 0.717) is 23.8 Å². The quantitative estimate of drug-likeness (QED) is 0.221. The van der Waals surface area contributed by atoms with Gasteiger partial charge in [0.25, 0.3) is 0 Å². The molecule has 2 aliphatic rings. The molecule has 5 nitrogen and oxygen atoms in total. The van der Waals surface area contributed by atoms with Gasteiger partial charge in [-0.3, -0.25) is 4.79 Å². The van der Waals surface area contributed by atoms with Gasteiger partial charge in [0.1, 0.15) is 5.75 Å². The van der Waals surface area contributed by atoms with Gasteiger partial charge in [-0.25, -0.2) is 0 Å². The van der Waals surface area contributed by atoms with Crippen molar-refractivity contribution in [2.45, 2.75) is 90.4 Å². The van der Waals surface area contributed by atoms with Crippen molar-refractivity contribution in [2.24, 2.45) is 10.8 Å². The number of carboxylic acid groups (broad SMARTS) is 1. The lowest BCUT2D eigenvalue weighted by atomic mass is 9.92. The van der Waals surface area contributed by atoms with Gasteiger partial charge in [0.15, 0.2) is 11.5 Å². The summed E-state index contributed by atoms with van der Waals surface area (Å²) in [6, 6.07) is 1.23. The first kappa shape index (κ1) is 20.8. The minimum absolute atomic E-state index is 0.0450. The minimum Gasteiger partial charge on any atom is -0.508 e. The number of aromatic hydroxyl groups is 3. The molecule has 28 heavy (non-hydrogen) atoms. The molecule has 0 heterocycles. The Morgan fingerprint density at radius 1 is 0.857 bits per heavy atom. The van der Waals surface area contributed by atoms with Crippen LogP contribution in [0.25, 0.3) is 0 Å². The SMILES string of the molecule is CC1(CCCCc2c(O)c(O)cc(O)c2CCCCCC2(C(=O)O)CC2)CC1. The molecule has 0 saturated heterocycles. The fourth-order valence-corrected chi connectivity index (χ4v) is 4.27. The first-order chi connectivity index (χ1) is 13.3. The molecule has 1 aromatic carbocycles. The van der Waals surface area contributed by atoms with E-state index in [-0.39, 0.29) is 17.2 Å². The number of aliphatic carboxylic acids is 1. The molecule has 2 aliphatic carbocycles. The predicted octanol–water partition coefficient (Wildman–Crippen LogP) is 5.28. The number of hydrogen-bond acceptors (Lipinski definition) is 4. The van der Waals surface area contributed by atoms with E-state index in [1.807, 2.05) is 0 Å². The summed E-state index contributed by atoms with van der Waals surface area (Å²) in [7, 11) is 0. The molecule has 0 amide bonds. The summed E-state index contributed by atoms with van der Waals surface area (Å²) in [5.74, 6) is -0.990. The standard InChI is InChI=1S/C23H34O5/c1-22(11-12-22)9-6-4-8-17-16(18(24)15-19(25)20(17)26)7-3-2-5-10-23(13-14-23)21(27)28/h15,24-26H,2-14H2,1H3,(H,27,28). The smallest absolute Gasteiger partial charge is 0.309 e.